The molecule has 4 heteroatoms. The monoisotopic (exact) mass is 314 g/mol. The van der Waals surface area contributed by atoms with Crippen molar-refractivity contribution in [2.75, 3.05) is 0 Å². The Morgan fingerprint density at radius 1 is 0.917 bits per heavy atom. The normalized spacial score (nSPS) is 12.6. The van der Waals surface area contributed by atoms with Crippen LogP contribution < -0.4 is 0 Å². The Labute approximate surface area is 140 Å². The topological polar surface area (TPSA) is 51.6 Å². The summed E-state index contributed by atoms with van der Waals surface area (Å²) in [5.41, 5.74) is 5.98. The highest BCUT2D eigenvalue weighted by molar-refractivity contribution is 5.79. The summed E-state index contributed by atoms with van der Waals surface area (Å²) in [6, 6.07) is 16.4. The van der Waals surface area contributed by atoms with Crippen LogP contribution in [-0.2, 0) is 6.42 Å². The molecule has 0 spiro atoms. The number of aryl methyl sites for hydroxylation is 1. The molecule has 0 aliphatic carbocycles. The Hall–Kier alpha value is -2.88. The third kappa shape index (κ3) is 2.60. The Morgan fingerprint density at radius 2 is 1.75 bits per heavy atom. The maximum absolute atomic E-state index is 4.77. The highest BCUT2D eigenvalue weighted by Crippen LogP contribution is 2.26. The van der Waals surface area contributed by atoms with Crippen molar-refractivity contribution in [1.29, 1.82) is 0 Å². The number of rotatable bonds is 3. The molecule has 0 aliphatic rings. The molecule has 4 aromatic rings. The maximum Gasteiger partial charge on any atom is 0.0930 e. The van der Waals surface area contributed by atoms with Crippen molar-refractivity contribution < 1.29 is 0 Å². The zero-order valence-electron chi connectivity index (χ0n) is 13.8. The van der Waals surface area contributed by atoms with Crippen molar-refractivity contribution in [3.63, 3.8) is 0 Å². The van der Waals surface area contributed by atoms with Crippen LogP contribution in [0.1, 0.15) is 36.7 Å². The van der Waals surface area contributed by atoms with Gasteiger partial charge in [-0.3, -0.25) is 4.98 Å². The summed E-state index contributed by atoms with van der Waals surface area (Å²) in [7, 11) is 0. The average molecular weight is 314 g/mol. The zero-order valence-corrected chi connectivity index (χ0v) is 13.8. The summed E-state index contributed by atoms with van der Waals surface area (Å²) in [5.74, 6) is 0.171. The predicted molar refractivity (Wildman–Crippen MR) is 96.0 cm³/mol. The second kappa shape index (κ2) is 5.96. The van der Waals surface area contributed by atoms with Gasteiger partial charge in [-0.15, -0.1) is 0 Å². The molecular weight excluding hydrogens is 296 g/mol. The molecule has 0 saturated carbocycles. The quantitative estimate of drug-likeness (QED) is 0.566. The molecule has 4 nitrogen and oxygen atoms in total. The van der Waals surface area contributed by atoms with Gasteiger partial charge >= 0.3 is 0 Å². The molecule has 1 atom stereocenters. The zero-order chi connectivity index (χ0) is 16.5. The fraction of sp³-hybridized carbons (Fsp3) is 0.200. The molecule has 0 radical (unpaired) electrons. The van der Waals surface area contributed by atoms with E-state index in [1.807, 2.05) is 36.5 Å². The molecule has 118 valence electrons. The molecule has 2 aromatic carbocycles. The van der Waals surface area contributed by atoms with Crippen molar-refractivity contribution >= 4 is 21.9 Å². The third-order valence-corrected chi connectivity index (χ3v) is 4.43. The first-order valence-electron chi connectivity index (χ1n) is 8.22. The van der Waals surface area contributed by atoms with Crippen LogP contribution in [0.15, 0.2) is 54.7 Å². The van der Waals surface area contributed by atoms with E-state index in [-0.39, 0.29) is 5.92 Å². The maximum atomic E-state index is 4.77. The van der Waals surface area contributed by atoms with Crippen LogP contribution in [0.4, 0.5) is 0 Å². The molecule has 0 aliphatic heterocycles. The van der Waals surface area contributed by atoms with Crippen LogP contribution in [-0.4, -0.2) is 20.2 Å². The highest BCUT2D eigenvalue weighted by atomic mass is 15.1. The molecule has 4 rings (SSSR count). The molecule has 0 bridgehead atoms. The Bertz CT molecular complexity index is 1030. The summed E-state index contributed by atoms with van der Waals surface area (Å²) in [6.07, 6.45) is 2.76. The average Bonchev–Trinajstić information content (AvgIpc) is 2.66. The van der Waals surface area contributed by atoms with E-state index in [0.717, 1.165) is 39.7 Å². The lowest BCUT2D eigenvalue weighted by molar-refractivity contribution is 0.870. The van der Waals surface area contributed by atoms with Crippen LogP contribution >= 0.6 is 0 Å². The highest BCUT2D eigenvalue weighted by Gasteiger charge is 2.12. The Balaban J connectivity index is 1.76. The van der Waals surface area contributed by atoms with Gasteiger partial charge in [-0.05, 0) is 42.3 Å². The van der Waals surface area contributed by atoms with Gasteiger partial charge in [0.15, 0.2) is 0 Å². The SMILES string of the molecule is CCc1cc2cc([C@H](C)c3cnc4ccccc4n3)ccc2nn1. The smallest absolute Gasteiger partial charge is 0.0930 e. The van der Waals surface area contributed by atoms with Gasteiger partial charge in [-0.25, -0.2) is 4.98 Å². The van der Waals surface area contributed by atoms with E-state index in [1.54, 1.807) is 0 Å². The number of benzene rings is 2. The lowest BCUT2D eigenvalue weighted by atomic mass is 9.96. The Kier molecular flexibility index (Phi) is 3.65. The third-order valence-electron chi connectivity index (χ3n) is 4.43. The van der Waals surface area contributed by atoms with Gasteiger partial charge in [0.05, 0.1) is 27.9 Å². The number of aromatic nitrogens is 4. The largest absolute Gasteiger partial charge is 0.253 e. The number of para-hydroxylation sites is 2. The van der Waals surface area contributed by atoms with Gasteiger partial charge in [0, 0.05) is 17.5 Å². The van der Waals surface area contributed by atoms with Crippen molar-refractivity contribution in [3.05, 3.63) is 71.7 Å². The summed E-state index contributed by atoms with van der Waals surface area (Å²) < 4.78 is 0. The second-order valence-electron chi connectivity index (χ2n) is 6.01. The van der Waals surface area contributed by atoms with Gasteiger partial charge in [0.2, 0.25) is 0 Å². The Morgan fingerprint density at radius 3 is 2.58 bits per heavy atom. The lowest BCUT2D eigenvalue weighted by Crippen LogP contribution is -2.01. The lowest BCUT2D eigenvalue weighted by Gasteiger charge is -2.12. The summed E-state index contributed by atoms with van der Waals surface area (Å²) in [4.78, 5) is 9.31. The van der Waals surface area contributed by atoms with E-state index in [2.05, 4.69) is 47.2 Å². The molecule has 2 aromatic heterocycles. The van der Waals surface area contributed by atoms with E-state index in [0.29, 0.717) is 0 Å². The van der Waals surface area contributed by atoms with Crippen molar-refractivity contribution in [3.8, 4) is 0 Å². The number of nitrogens with zero attached hydrogens (tertiary/aromatic N) is 4. The second-order valence-corrected chi connectivity index (χ2v) is 6.01. The van der Waals surface area contributed by atoms with Gasteiger partial charge in [0.25, 0.3) is 0 Å². The standard InChI is InChI=1S/C20H18N4/c1-3-16-11-15-10-14(8-9-17(15)24-23-16)13(2)20-12-21-18-6-4-5-7-19(18)22-20/h4-13H,3H2,1-2H3/t13-/m0/s1. The van der Waals surface area contributed by atoms with Crippen molar-refractivity contribution in [1.82, 2.24) is 20.2 Å². The molecule has 0 fully saturated rings. The predicted octanol–water partition coefficient (Wildman–Crippen LogP) is 4.29. The molecule has 0 N–H and O–H groups in total. The summed E-state index contributed by atoms with van der Waals surface area (Å²) in [5, 5.41) is 9.63. The first kappa shape index (κ1) is 14.7. The van der Waals surface area contributed by atoms with E-state index in [4.69, 9.17) is 4.98 Å². The fourth-order valence-electron chi connectivity index (χ4n) is 2.90. The minimum absolute atomic E-state index is 0.171. The molecule has 2 heterocycles. The van der Waals surface area contributed by atoms with E-state index >= 15 is 0 Å². The van der Waals surface area contributed by atoms with Crippen LogP contribution in [0.25, 0.3) is 21.9 Å². The van der Waals surface area contributed by atoms with Gasteiger partial charge in [0.1, 0.15) is 0 Å². The van der Waals surface area contributed by atoms with Crippen molar-refractivity contribution in [2.24, 2.45) is 0 Å². The van der Waals surface area contributed by atoms with E-state index in [1.165, 1.54) is 5.56 Å². The first-order chi connectivity index (χ1) is 11.7. The fourth-order valence-corrected chi connectivity index (χ4v) is 2.90. The molecule has 0 unspecified atom stereocenters. The van der Waals surface area contributed by atoms with Crippen LogP contribution in [0.2, 0.25) is 0 Å². The number of hydrogen-bond donors (Lipinski definition) is 0. The number of fused-ring (bicyclic) bond motifs is 2. The van der Waals surface area contributed by atoms with E-state index < -0.39 is 0 Å². The van der Waals surface area contributed by atoms with E-state index in [9.17, 15) is 0 Å². The number of hydrogen-bond acceptors (Lipinski definition) is 4. The molecule has 0 amide bonds. The first-order valence-corrected chi connectivity index (χ1v) is 8.22. The van der Waals surface area contributed by atoms with Crippen LogP contribution in [0.5, 0.6) is 0 Å². The van der Waals surface area contributed by atoms with Gasteiger partial charge in [-0.1, -0.05) is 32.0 Å². The van der Waals surface area contributed by atoms with Crippen LogP contribution in [0.3, 0.4) is 0 Å². The van der Waals surface area contributed by atoms with Crippen molar-refractivity contribution in [2.45, 2.75) is 26.2 Å². The summed E-state index contributed by atoms with van der Waals surface area (Å²) in [6.45, 7) is 4.25. The van der Waals surface area contributed by atoms with Gasteiger partial charge < -0.3 is 0 Å². The molecular formula is C20H18N4. The molecule has 0 saturated heterocycles. The minimum atomic E-state index is 0.171. The minimum Gasteiger partial charge on any atom is -0.253 e. The summed E-state index contributed by atoms with van der Waals surface area (Å²) >= 11 is 0. The molecule has 24 heavy (non-hydrogen) atoms. The van der Waals surface area contributed by atoms with Crippen LogP contribution in [0, 0.1) is 0 Å². The van der Waals surface area contributed by atoms with Gasteiger partial charge in [-0.2, -0.15) is 10.2 Å².